The fourth-order valence-electron chi connectivity index (χ4n) is 1.79. The number of hydrogen-bond donors (Lipinski definition) is 1. The molecule has 0 heterocycles. The fourth-order valence-corrected chi connectivity index (χ4v) is 1.79. The van der Waals surface area contributed by atoms with Crippen LogP contribution in [0.1, 0.15) is 33.3 Å². The van der Waals surface area contributed by atoms with Crippen LogP contribution >= 0.6 is 0 Å². The van der Waals surface area contributed by atoms with Crippen molar-refractivity contribution in [3.63, 3.8) is 0 Å². The first kappa shape index (κ1) is 17.3. The molecule has 5 heteroatoms. The summed E-state index contributed by atoms with van der Waals surface area (Å²) in [6.07, 6.45) is 0. The quantitative estimate of drug-likeness (QED) is 0.783. The number of ether oxygens (including phenoxy) is 3. The number of methoxy groups -OCH3 is 1. The minimum Gasteiger partial charge on any atom is -0.493 e. The lowest BCUT2D eigenvalue weighted by atomic mass is 10.2. The van der Waals surface area contributed by atoms with Crippen LogP contribution in [0.25, 0.3) is 0 Å². The van der Waals surface area contributed by atoms with Gasteiger partial charge >= 0.3 is 5.97 Å². The molecule has 0 aromatic heterocycles. The Labute approximate surface area is 126 Å². The van der Waals surface area contributed by atoms with Gasteiger partial charge in [-0.1, -0.05) is 6.07 Å². The van der Waals surface area contributed by atoms with Crippen molar-refractivity contribution >= 4 is 5.97 Å². The van der Waals surface area contributed by atoms with Gasteiger partial charge in [0.05, 0.1) is 20.3 Å². The number of nitrogens with one attached hydrogen (secondary N) is 1. The van der Waals surface area contributed by atoms with Crippen LogP contribution in [0.2, 0.25) is 0 Å². The Hall–Kier alpha value is -1.75. The second-order valence-electron chi connectivity index (χ2n) is 5.61. The zero-order valence-electron chi connectivity index (χ0n) is 13.5. The Kier molecular flexibility index (Phi) is 6.49. The normalized spacial score (nSPS) is 11.1. The largest absolute Gasteiger partial charge is 0.493 e. The lowest BCUT2D eigenvalue weighted by Gasteiger charge is -2.19. The van der Waals surface area contributed by atoms with Crippen molar-refractivity contribution in [3.05, 3.63) is 23.8 Å². The minimum atomic E-state index is -0.457. The third kappa shape index (κ3) is 6.49. The number of hydrogen-bond acceptors (Lipinski definition) is 5. The average Bonchev–Trinajstić information content (AvgIpc) is 2.37. The molecule has 0 amide bonds. The highest BCUT2D eigenvalue weighted by atomic mass is 16.6. The van der Waals surface area contributed by atoms with E-state index in [0.29, 0.717) is 24.7 Å². The molecule has 0 unspecified atom stereocenters. The molecule has 0 aliphatic rings. The molecule has 0 bridgehead atoms. The van der Waals surface area contributed by atoms with Crippen LogP contribution in [0, 0.1) is 0 Å². The zero-order chi connectivity index (χ0) is 15.9. The number of benzene rings is 1. The first-order valence-electron chi connectivity index (χ1n) is 7.08. The summed E-state index contributed by atoms with van der Waals surface area (Å²) in [4.78, 5) is 11.6. The predicted octanol–water partition coefficient (Wildman–Crippen LogP) is 2.53. The van der Waals surface area contributed by atoms with E-state index in [2.05, 4.69) is 5.32 Å². The van der Waals surface area contributed by atoms with E-state index in [-0.39, 0.29) is 12.5 Å². The summed E-state index contributed by atoms with van der Waals surface area (Å²) in [5.74, 6) is 1.14. The fraction of sp³-hybridized carbons (Fsp3) is 0.562. The summed E-state index contributed by atoms with van der Waals surface area (Å²) in [5, 5.41) is 3.06. The summed E-state index contributed by atoms with van der Waals surface area (Å²) < 4.78 is 16.0. The molecule has 0 spiro atoms. The van der Waals surface area contributed by atoms with Crippen LogP contribution in [0.4, 0.5) is 0 Å². The van der Waals surface area contributed by atoms with Crippen LogP contribution < -0.4 is 14.8 Å². The Bertz CT molecular complexity index is 466. The summed E-state index contributed by atoms with van der Waals surface area (Å²) in [6, 6.07) is 5.70. The first-order chi connectivity index (χ1) is 9.85. The lowest BCUT2D eigenvalue weighted by molar-refractivity contribution is -0.153. The summed E-state index contributed by atoms with van der Waals surface area (Å²) in [6.45, 7) is 8.78. The van der Waals surface area contributed by atoms with Crippen molar-refractivity contribution in [3.8, 4) is 11.5 Å². The zero-order valence-corrected chi connectivity index (χ0v) is 13.5. The van der Waals surface area contributed by atoms with E-state index in [1.807, 2.05) is 45.9 Å². The molecule has 0 aliphatic heterocycles. The molecule has 0 atom stereocenters. The Morgan fingerprint density at radius 2 is 1.95 bits per heavy atom. The van der Waals surface area contributed by atoms with Crippen LogP contribution in [0.5, 0.6) is 11.5 Å². The average molecular weight is 295 g/mol. The third-order valence-electron chi connectivity index (χ3n) is 2.55. The Morgan fingerprint density at radius 3 is 2.52 bits per heavy atom. The van der Waals surface area contributed by atoms with Crippen LogP contribution in [0.15, 0.2) is 18.2 Å². The number of carbonyl (C=O) groups is 1. The van der Waals surface area contributed by atoms with Crippen LogP contribution in [-0.4, -0.2) is 31.8 Å². The van der Waals surface area contributed by atoms with E-state index >= 15 is 0 Å². The molecule has 0 saturated carbocycles. The highest BCUT2D eigenvalue weighted by Crippen LogP contribution is 2.27. The number of esters is 1. The summed E-state index contributed by atoms with van der Waals surface area (Å²) in [5.41, 5.74) is 0.559. The summed E-state index contributed by atoms with van der Waals surface area (Å²) >= 11 is 0. The predicted molar refractivity (Wildman–Crippen MR) is 81.7 cm³/mol. The van der Waals surface area contributed by atoms with Gasteiger partial charge in [0.25, 0.3) is 0 Å². The van der Waals surface area contributed by atoms with Crippen molar-refractivity contribution in [2.75, 3.05) is 20.3 Å². The van der Waals surface area contributed by atoms with E-state index in [4.69, 9.17) is 14.2 Å². The standard InChI is InChI=1S/C16H25NO4/c1-6-20-14-9-12(7-8-13(14)19-5)10-17-11-15(18)21-16(2,3)4/h7-9,17H,6,10-11H2,1-5H3. The van der Waals surface area contributed by atoms with Crippen LogP contribution in [0.3, 0.4) is 0 Å². The maximum Gasteiger partial charge on any atom is 0.320 e. The molecule has 1 N–H and O–H groups in total. The van der Waals surface area contributed by atoms with Gasteiger partial charge < -0.3 is 19.5 Å². The van der Waals surface area contributed by atoms with E-state index in [1.165, 1.54) is 0 Å². The Morgan fingerprint density at radius 1 is 1.24 bits per heavy atom. The van der Waals surface area contributed by atoms with Crippen LogP contribution in [-0.2, 0) is 16.1 Å². The van der Waals surface area contributed by atoms with Gasteiger partial charge in [-0.25, -0.2) is 0 Å². The Balaban J connectivity index is 2.52. The molecule has 1 aromatic carbocycles. The van der Waals surface area contributed by atoms with E-state index in [9.17, 15) is 4.79 Å². The molecular formula is C16H25NO4. The van der Waals surface area contributed by atoms with Gasteiger partial charge in [0.2, 0.25) is 0 Å². The van der Waals surface area contributed by atoms with Crippen molar-refractivity contribution in [1.82, 2.24) is 5.32 Å². The topological polar surface area (TPSA) is 56.8 Å². The molecule has 21 heavy (non-hydrogen) atoms. The minimum absolute atomic E-state index is 0.174. The van der Waals surface area contributed by atoms with E-state index in [1.54, 1.807) is 7.11 Å². The maximum atomic E-state index is 11.6. The second-order valence-corrected chi connectivity index (χ2v) is 5.61. The SMILES string of the molecule is CCOc1cc(CNCC(=O)OC(C)(C)C)ccc1OC. The molecule has 0 radical (unpaired) electrons. The van der Waals surface area contributed by atoms with Gasteiger partial charge in [-0.2, -0.15) is 0 Å². The highest BCUT2D eigenvalue weighted by molar-refractivity contribution is 5.72. The van der Waals surface area contributed by atoms with Crippen molar-refractivity contribution in [1.29, 1.82) is 0 Å². The van der Waals surface area contributed by atoms with Gasteiger partial charge in [0.1, 0.15) is 5.60 Å². The van der Waals surface area contributed by atoms with Gasteiger partial charge in [-0.15, -0.1) is 0 Å². The number of rotatable bonds is 7. The van der Waals surface area contributed by atoms with E-state index < -0.39 is 5.60 Å². The molecule has 118 valence electrons. The monoisotopic (exact) mass is 295 g/mol. The van der Waals surface area contributed by atoms with Crippen molar-refractivity contribution in [2.24, 2.45) is 0 Å². The molecule has 0 aliphatic carbocycles. The van der Waals surface area contributed by atoms with Gasteiger partial charge in [-0.05, 0) is 45.4 Å². The smallest absolute Gasteiger partial charge is 0.320 e. The molecular weight excluding hydrogens is 270 g/mol. The first-order valence-corrected chi connectivity index (χ1v) is 7.08. The molecule has 1 rings (SSSR count). The van der Waals surface area contributed by atoms with Crippen molar-refractivity contribution in [2.45, 2.75) is 39.8 Å². The molecule has 1 aromatic rings. The summed E-state index contributed by atoms with van der Waals surface area (Å²) in [7, 11) is 1.61. The maximum absolute atomic E-state index is 11.6. The van der Waals surface area contributed by atoms with E-state index in [0.717, 1.165) is 5.56 Å². The highest BCUT2D eigenvalue weighted by Gasteiger charge is 2.15. The second kappa shape index (κ2) is 7.88. The van der Waals surface area contributed by atoms with Crippen molar-refractivity contribution < 1.29 is 19.0 Å². The molecule has 5 nitrogen and oxygen atoms in total. The van der Waals surface area contributed by atoms with Gasteiger partial charge in [-0.3, -0.25) is 4.79 Å². The molecule has 0 fully saturated rings. The van der Waals surface area contributed by atoms with Gasteiger partial charge in [0, 0.05) is 6.54 Å². The number of carbonyl (C=O) groups excluding carboxylic acids is 1. The third-order valence-corrected chi connectivity index (χ3v) is 2.55. The van der Waals surface area contributed by atoms with Gasteiger partial charge in [0.15, 0.2) is 11.5 Å². The lowest BCUT2D eigenvalue weighted by Crippen LogP contribution is -2.31. The molecule has 0 saturated heterocycles.